The zero-order valence-corrected chi connectivity index (χ0v) is 31.4. The molecule has 0 bridgehead atoms. The van der Waals surface area contributed by atoms with Gasteiger partial charge in [0.25, 0.3) is 0 Å². The molecule has 0 amide bonds. The van der Waals surface area contributed by atoms with Gasteiger partial charge in [0, 0.05) is 49.4 Å². The summed E-state index contributed by atoms with van der Waals surface area (Å²) in [7, 11) is 0. The van der Waals surface area contributed by atoms with Gasteiger partial charge in [-0.2, -0.15) is 0 Å². The van der Waals surface area contributed by atoms with E-state index in [9.17, 15) is 0 Å². The second-order valence-electron chi connectivity index (χ2n) is 15.1. The molecule has 3 heterocycles. The molecular formula is C55H34O3. The Balaban J connectivity index is 1.11. The molecule has 0 N–H and O–H groups in total. The van der Waals surface area contributed by atoms with Gasteiger partial charge in [0.1, 0.15) is 33.5 Å². The van der Waals surface area contributed by atoms with Crippen LogP contribution in [0.5, 0.6) is 0 Å². The summed E-state index contributed by atoms with van der Waals surface area (Å²) >= 11 is 0. The lowest BCUT2D eigenvalue weighted by atomic mass is 9.83. The second kappa shape index (κ2) is 13.0. The molecule has 0 aliphatic carbocycles. The Labute approximate surface area is 334 Å². The van der Waals surface area contributed by atoms with Gasteiger partial charge in [-0.3, -0.25) is 0 Å². The quantitative estimate of drug-likeness (QED) is 0.159. The molecule has 272 valence electrons. The first-order valence-corrected chi connectivity index (χ1v) is 19.8. The molecule has 0 aliphatic rings. The molecule has 0 fully saturated rings. The molecule has 3 heteroatoms. The van der Waals surface area contributed by atoms with Gasteiger partial charge in [0.15, 0.2) is 0 Å². The fourth-order valence-electron chi connectivity index (χ4n) is 9.18. The number of rotatable bonds is 6. The molecule has 0 spiro atoms. The average molecular weight is 743 g/mol. The van der Waals surface area contributed by atoms with Crippen LogP contribution in [-0.4, -0.2) is 0 Å². The van der Waals surface area contributed by atoms with Gasteiger partial charge in [-0.25, -0.2) is 0 Å². The first-order valence-electron chi connectivity index (χ1n) is 19.8. The monoisotopic (exact) mass is 742 g/mol. The minimum Gasteiger partial charge on any atom is -0.456 e. The van der Waals surface area contributed by atoms with Gasteiger partial charge in [-0.15, -0.1) is 0 Å². The van der Waals surface area contributed by atoms with Gasteiger partial charge in [-0.1, -0.05) is 176 Å². The standard InChI is InChI=1S/C55H34O3/c1-3-14-34(15-4-1)35-26-28-37(29-27-35)51(45-23-13-22-43-40-19-9-11-24-47(40)57-54(43)45)38-30-31-41-46-33-50-52(44-21-10-12-25-48(44)56-50)53(55(46)58-49(41)32-38)42-20-8-7-18-39(42)36-16-5-2-6-17-36/h1-33,51H. The summed E-state index contributed by atoms with van der Waals surface area (Å²) in [6, 6.07) is 70.7. The Bertz CT molecular complexity index is 3490. The zero-order valence-electron chi connectivity index (χ0n) is 31.4. The fraction of sp³-hybridized carbons (Fsp3) is 0.0182. The first kappa shape index (κ1) is 32.6. The van der Waals surface area contributed by atoms with Crippen molar-refractivity contribution in [2.45, 2.75) is 5.92 Å². The topological polar surface area (TPSA) is 39.4 Å². The van der Waals surface area contributed by atoms with Crippen molar-refractivity contribution >= 4 is 65.8 Å². The van der Waals surface area contributed by atoms with E-state index < -0.39 is 0 Å². The molecule has 3 nitrogen and oxygen atoms in total. The summed E-state index contributed by atoms with van der Waals surface area (Å²) in [5, 5.41) is 6.41. The second-order valence-corrected chi connectivity index (χ2v) is 15.1. The van der Waals surface area contributed by atoms with E-state index in [1.54, 1.807) is 0 Å². The lowest BCUT2D eigenvalue weighted by Gasteiger charge is -2.20. The van der Waals surface area contributed by atoms with Crippen molar-refractivity contribution in [3.8, 4) is 33.4 Å². The molecule has 0 aliphatic heterocycles. The van der Waals surface area contributed by atoms with Crippen LogP contribution in [0, 0.1) is 0 Å². The van der Waals surface area contributed by atoms with Crippen LogP contribution in [0.4, 0.5) is 0 Å². The molecule has 1 atom stereocenters. The highest BCUT2D eigenvalue weighted by molar-refractivity contribution is 6.24. The number of para-hydroxylation sites is 3. The number of hydrogen-bond donors (Lipinski definition) is 0. The fourth-order valence-corrected chi connectivity index (χ4v) is 9.18. The SMILES string of the molecule is c1ccc(-c2ccc(C(c3ccc4c(c3)oc3c(-c5ccccc5-c5ccccc5)c5c(cc34)oc3ccccc35)c3cccc4c3oc3ccccc34)cc2)cc1. The zero-order chi connectivity index (χ0) is 38.2. The molecular weight excluding hydrogens is 709 g/mol. The predicted molar refractivity (Wildman–Crippen MR) is 238 cm³/mol. The van der Waals surface area contributed by atoms with Crippen molar-refractivity contribution in [3.05, 3.63) is 217 Å². The Morgan fingerprint density at radius 1 is 0.310 bits per heavy atom. The van der Waals surface area contributed by atoms with E-state index in [2.05, 4.69) is 182 Å². The maximum atomic E-state index is 7.17. The van der Waals surface area contributed by atoms with E-state index in [0.29, 0.717) is 0 Å². The van der Waals surface area contributed by atoms with Gasteiger partial charge < -0.3 is 13.3 Å². The lowest BCUT2D eigenvalue weighted by molar-refractivity contribution is 0.659. The van der Waals surface area contributed by atoms with E-state index >= 15 is 0 Å². The van der Waals surface area contributed by atoms with Crippen LogP contribution < -0.4 is 0 Å². The highest BCUT2D eigenvalue weighted by Gasteiger charge is 2.26. The summed E-state index contributed by atoms with van der Waals surface area (Å²) in [4.78, 5) is 0. The Hall–Kier alpha value is -7.62. The number of benzene rings is 9. The third-order valence-corrected chi connectivity index (χ3v) is 11.8. The first-order chi connectivity index (χ1) is 28.8. The highest BCUT2D eigenvalue weighted by Crippen LogP contribution is 2.48. The van der Waals surface area contributed by atoms with E-state index in [0.717, 1.165) is 99.2 Å². The third-order valence-electron chi connectivity index (χ3n) is 11.8. The summed E-state index contributed by atoms with van der Waals surface area (Å²) < 4.78 is 20.5. The van der Waals surface area contributed by atoms with Gasteiger partial charge in [0.05, 0.1) is 0 Å². The Morgan fingerprint density at radius 2 is 0.897 bits per heavy atom. The van der Waals surface area contributed by atoms with Crippen LogP contribution in [0.3, 0.4) is 0 Å². The minimum absolute atomic E-state index is 0.134. The van der Waals surface area contributed by atoms with E-state index in [1.165, 1.54) is 16.7 Å². The van der Waals surface area contributed by atoms with Gasteiger partial charge in [-0.05, 0) is 63.2 Å². The highest BCUT2D eigenvalue weighted by atomic mass is 16.3. The largest absolute Gasteiger partial charge is 0.456 e. The summed E-state index contributed by atoms with van der Waals surface area (Å²) in [6.07, 6.45) is 0. The lowest BCUT2D eigenvalue weighted by Crippen LogP contribution is -2.04. The molecule has 1 unspecified atom stereocenters. The predicted octanol–water partition coefficient (Wildman–Crippen LogP) is 15.6. The number of fused-ring (bicyclic) bond motifs is 9. The molecule has 3 aromatic heterocycles. The molecule has 12 rings (SSSR count). The molecule has 0 radical (unpaired) electrons. The molecule has 0 saturated heterocycles. The normalized spacial score (nSPS) is 12.4. The maximum Gasteiger partial charge on any atom is 0.144 e. The Kier molecular flexibility index (Phi) is 7.29. The molecule has 9 aromatic carbocycles. The van der Waals surface area contributed by atoms with Crippen molar-refractivity contribution in [3.63, 3.8) is 0 Å². The summed E-state index contributed by atoms with van der Waals surface area (Å²) in [5.74, 6) is -0.134. The van der Waals surface area contributed by atoms with Crippen molar-refractivity contribution < 1.29 is 13.3 Å². The van der Waals surface area contributed by atoms with Crippen molar-refractivity contribution in [1.29, 1.82) is 0 Å². The summed E-state index contributed by atoms with van der Waals surface area (Å²) in [6.45, 7) is 0. The van der Waals surface area contributed by atoms with Crippen molar-refractivity contribution in [2.75, 3.05) is 0 Å². The average Bonchev–Trinajstić information content (AvgIpc) is 3.98. The molecule has 12 aromatic rings. The van der Waals surface area contributed by atoms with Crippen LogP contribution >= 0.6 is 0 Å². The van der Waals surface area contributed by atoms with Crippen molar-refractivity contribution in [2.24, 2.45) is 0 Å². The van der Waals surface area contributed by atoms with Crippen LogP contribution in [0.15, 0.2) is 213 Å². The maximum absolute atomic E-state index is 7.17. The van der Waals surface area contributed by atoms with Crippen LogP contribution in [0.25, 0.3) is 99.2 Å². The summed E-state index contributed by atoms with van der Waals surface area (Å²) in [5.41, 5.74) is 15.3. The molecule has 58 heavy (non-hydrogen) atoms. The van der Waals surface area contributed by atoms with E-state index in [1.807, 2.05) is 18.2 Å². The number of furan rings is 3. The Morgan fingerprint density at radius 3 is 1.69 bits per heavy atom. The minimum atomic E-state index is -0.134. The van der Waals surface area contributed by atoms with Crippen molar-refractivity contribution in [1.82, 2.24) is 0 Å². The third kappa shape index (κ3) is 5.07. The smallest absolute Gasteiger partial charge is 0.144 e. The van der Waals surface area contributed by atoms with Crippen LogP contribution in [0.1, 0.15) is 22.6 Å². The molecule has 0 saturated carbocycles. The van der Waals surface area contributed by atoms with Crippen LogP contribution in [0.2, 0.25) is 0 Å². The number of hydrogen-bond acceptors (Lipinski definition) is 3. The van der Waals surface area contributed by atoms with E-state index in [-0.39, 0.29) is 5.92 Å². The van der Waals surface area contributed by atoms with E-state index in [4.69, 9.17) is 13.3 Å². The van der Waals surface area contributed by atoms with Gasteiger partial charge in [0.2, 0.25) is 0 Å². The van der Waals surface area contributed by atoms with Crippen LogP contribution in [-0.2, 0) is 0 Å². The van der Waals surface area contributed by atoms with Gasteiger partial charge >= 0.3 is 0 Å².